The number of thiazole rings is 1. The summed E-state index contributed by atoms with van der Waals surface area (Å²) >= 11 is 1.51. The Balaban J connectivity index is 2.11. The van der Waals surface area contributed by atoms with Gasteiger partial charge in [-0.1, -0.05) is 0 Å². The van der Waals surface area contributed by atoms with Gasteiger partial charge in [0.1, 0.15) is 0 Å². The van der Waals surface area contributed by atoms with Gasteiger partial charge in [0, 0.05) is 38.1 Å². The van der Waals surface area contributed by atoms with E-state index in [1.165, 1.54) is 15.6 Å². The summed E-state index contributed by atoms with van der Waals surface area (Å²) in [6.45, 7) is 2.15. The Kier molecular flexibility index (Phi) is 4.74. The molecule has 0 unspecified atom stereocenters. The van der Waals surface area contributed by atoms with Crippen molar-refractivity contribution in [1.82, 2.24) is 14.2 Å². The van der Waals surface area contributed by atoms with Gasteiger partial charge in [-0.05, 0) is 0 Å². The Bertz CT molecular complexity index is 558. The Hall–Kier alpha value is -1.03. The molecule has 1 atom stereocenters. The summed E-state index contributed by atoms with van der Waals surface area (Å²) in [5.74, 6) is -0.963. The van der Waals surface area contributed by atoms with Crippen LogP contribution < -0.4 is 5.73 Å². The zero-order valence-corrected chi connectivity index (χ0v) is 12.9. The average molecular weight is 318 g/mol. The largest absolute Gasteiger partial charge is 0.369 e. The van der Waals surface area contributed by atoms with Crippen molar-refractivity contribution in [2.45, 2.75) is 6.54 Å². The Morgan fingerprint density at radius 3 is 2.80 bits per heavy atom. The first-order chi connectivity index (χ1) is 9.36. The molecule has 9 heteroatoms. The number of rotatable bonds is 4. The molecule has 0 bridgehead atoms. The van der Waals surface area contributed by atoms with E-state index in [0.29, 0.717) is 26.2 Å². The first-order valence-electron chi connectivity index (χ1n) is 6.20. The highest BCUT2D eigenvalue weighted by atomic mass is 32.2. The number of primary amides is 1. The molecule has 0 saturated carbocycles. The van der Waals surface area contributed by atoms with Gasteiger partial charge in [0.05, 0.1) is 23.4 Å². The molecule has 1 fully saturated rings. The molecule has 0 radical (unpaired) electrons. The third-order valence-electron chi connectivity index (χ3n) is 3.31. The van der Waals surface area contributed by atoms with Crippen LogP contribution in [-0.4, -0.2) is 60.9 Å². The average Bonchev–Trinajstić information content (AvgIpc) is 2.72. The molecule has 1 aromatic heterocycles. The molecule has 1 aliphatic heterocycles. The first kappa shape index (κ1) is 15.4. The highest BCUT2D eigenvalue weighted by Crippen LogP contribution is 2.15. The summed E-state index contributed by atoms with van der Waals surface area (Å²) in [7, 11) is -3.32. The maximum absolute atomic E-state index is 11.7. The Morgan fingerprint density at radius 1 is 1.50 bits per heavy atom. The smallest absolute Gasteiger partial charge is 0.223 e. The maximum Gasteiger partial charge on any atom is 0.223 e. The van der Waals surface area contributed by atoms with Gasteiger partial charge in [0.25, 0.3) is 0 Å². The fraction of sp³-hybridized carbons (Fsp3) is 0.636. The molecule has 1 aromatic rings. The van der Waals surface area contributed by atoms with E-state index in [0.717, 1.165) is 11.9 Å². The summed E-state index contributed by atoms with van der Waals surface area (Å²) in [6.07, 6.45) is 1.15. The lowest BCUT2D eigenvalue weighted by atomic mass is 10.1. The number of sulfonamides is 1. The van der Waals surface area contributed by atoms with E-state index in [-0.39, 0.29) is 6.54 Å². The standard InChI is InChI=1S/C11H18N4O3S2/c1-20(17,18)15-3-2-14(4-9(5-15)11(12)16)6-10-7-19-8-13-10/h7-9H,2-6H2,1H3,(H2,12,16)/t9-/m0/s1. The van der Waals surface area contributed by atoms with Crippen molar-refractivity contribution in [2.75, 3.05) is 32.4 Å². The monoisotopic (exact) mass is 318 g/mol. The summed E-state index contributed by atoms with van der Waals surface area (Å²) in [4.78, 5) is 17.7. The van der Waals surface area contributed by atoms with Crippen molar-refractivity contribution in [3.63, 3.8) is 0 Å². The number of nitrogens with two attached hydrogens (primary N) is 1. The van der Waals surface area contributed by atoms with Crippen molar-refractivity contribution in [1.29, 1.82) is 0 Å². The minimum atomic E-state index is -3.32. The molecule has 1 amide bonds. The number of nitrogens with zero attached hydrogens (tertiary/aromatic N) is 3. The molecule has 7 nitrogen and oxygen atoms in total. The van der Waals surface area contributed by atoms with E-state index in [9.17, 15) is 13.2 Å². The molecule has 2 rings (SSSR count). The van der Waals surface area contributed by atoms with Crippen LogP contribution in [0.2, 0.25) is 0 Å². The van der Waals surface area contributed by atoms with E-state index in [1.807, 2.05) is 10.3 Å². The number of aromatic nitrogens is 1. The van der Waals surface area contributed by atoms with E-state index >= 15 is 0 Å². The summed E-state index contributed by atoms with van der Waals surface area (Å²) in [5.41, 5.74) is 8.05. The summed E-state index contributed by atoms with van der Waals surface area (Å²) in [6, 6.07) is 0. The maximum atomic E-state index is 11.7. The lowest BCUT2D eigenvalue weighted by Gasteiger charge is -2.21. The molecule has 112 valence electrons. The predicted octanol–water partition coefficient (Wildman–Crippen LogP) is -0.678. The lowest BCUT2D eigenvalue weighted by molar-refractivity contribution is -0.122. The van der Waals surface area contributed by atoms with Gasteiger partial charge >= 0.3 is 0 Å². The third kappa shape index (κ3) is 3.98. The number of carbonyl (C=O) groups is 1. The number of hydrogen-bond acceptors (Lipinski definition) is 6. The molecule has 20 heavy (non-hydrogen) atoms. The first-order valence-corrected chi connectivity index (χ1v) is 8.99. The third-order valence-corrected chi connectivity index (χ3v) is 5.21. The predicted molar refractivity (Wildman–Crippen MR) is 76.5 cm³/mol. The quantitative estimate of drug-likeness (QED) is 0.793. The summed E-state index contributed by atoms with van der Waals surface area (Å²) in [5, 5.41) is 1.94. The van der Waals surface area contributed by atoms with E-state index < -0.39 is 21.8 Å². The fourth-order valence-corrected chi connectivity index (χ4v) is 3.63. The normalized spacial score (nSPS) is 22.6. The molecular weight excluding hydrogens is 300 g/mol. The molecule has 0 spiro atoms. The number of hydrogen-bond donors (Lipinski definition) is 1. The molecular formula is C11H18N4O3S2. The Labute approximate surface area is 122 Å². The van der Waals surface area contributed by atoms with Gasteiger partial charge < -0.3 is 5.73 Å². The zero-order valence-electron chi connectivity index (χ0n) is 11.2. The lowest BCUT2D eigenvalue weighted by Crippen LogP contribution is -2.40. The molecule has 0 aliphatic carbocycles. The highest BCUT2D eigenvalue weighted by Gasteiger charge is 2.30. The van der Waals surface area contributed by atoms with Crippen molar-refractivity contribution >= 4 is 27.3 Å². The molecule has 1 aliphatic rings. The fourth-order valence-electron chi connectivity index (χ4n) is 2.22. The molecule has 1 saturated heterocycles. The topological polar surface area (TPSA) is 96.6 Å². The van der Waals surface area contributed by atoms with E-state index in [4.69, 9.17) is 5.73 Å². The van der Waals surface area contributed by atoms with Crippen LogP contribution in [0.5, 0.6) is 0 Å². The minimum Gasteiger partial charge on any atom is -0.369 e. The van der Waals surface area contributed by atoms with Gasteiger partial charge in [0.2, 0.25) is 15.9 Å². The van der Waals surface area contributed by atoms with Crippen molar-refractivity contribution in [3.8, 4) is 0 Å². The van der Waals surface area contributed by atoms with Crippen LogP contribution in [0.25, 0.3) is 0 Å². The van der Waals surface area contributed by atoms with Gasteiger partial charge in [-0.2, -0.15) is 0 Å². The van der Waals surface area contributed by atoms with Crippen LogP contribution in [0.3, 0.4) is 0 Å². The minimum absolute atomic E-state index is 0.154. The van der Waals surface area contributed by atoms with Gasteiger partial charge in [-0.15, -0.1) is 11.3 Å². The SMILES string of the molecule is CS(=O)(=O)N1CCN(Cc2cscn2)C[C@H](C(N)=O)C1. The van der Waals surface area contributed by atoms with Gasteiger partial charge in [-0.3, -0.25) is 9.69 Å². The van der Waals surface area contributed by atoms with Gasteiger partial charge in [0.15, 0.2) is 0 Å². The molecule has 2 N–H and O–H groups in total. The van der Waals surface area contributed by atoms with Crippen molar-refractivity contribution in [2.24, 2.45) is 11.7 Å². The Morgan fingerprint density at radius 2 is 2.25 bits per heavy atom. The molecule has 0 aromatic carbocycles. The van der Waals surface area contributed by atoms with Crippen LogP contribution in [0.4, 0.5) is 0 Å². The zero-order chi connectivity index (χ0) is 14.8. The van der Waals surface area contributed by atoms with Crippen LogP contribution in [0, 0.1) is 5.92 Å². The number of carbonyl (C=O) groups excluding carboxylic acids is 1. The van der Waals surface area contributed by atoms with E-state index in [2.05, 4.69) is 4.98 Å². The van der Waals surface area contributed by atoms with Crippen molar-refractivity contribution in [3.05, 3.63) is 16.6 Å². The second-order valence-electron chi connectivity index (χ2n) is 4.94. The van der Waals surface area contributed by atoms with Crippen LogP contribution >= 0.6 is 11.3 Å². The van der Waals surface area contributed by atoms with Crippen LogP contribution in [0.15, 0.2) is 10.9 Å². The second-order valence-corrected chi connectivity index (χ2v) is 7.64. The van der Waals surface area contributed by atoms with Gasteiger partial charge in [-0.25, -0.2) is 17.7 Å². The number of amides is 1. The van der Waals surface area contributed by atoms with Crippen molar-refractivity contribution < 1.29 is 13.2 Å². The van der Waals surface area contributed by atoms with Crippen LogP contribution in [-0.2, 0) is 21.4 Å². The second kappa shape index (κ2) is 6.17. The summed E-state index contributed by atoms with van der Waals surface area (Å²) < 4.78 is 24.7. The van der Waals surface area contributed by atoms with E-state index in [1.54, 1.807) is 5.51 Å². The highest BCUT2D eigenvalue weighted by molar-refractivity contribution is 7.88. The van der Waals surface area contributed by atoms with Crippen LogP contribution in [0.1, 0.15) is 5.69 Å². The molecule has 2 heterocycles.